The Morgan fingerprint density at radius 1 is 1.22 bits per heavy atom. The maximum Gasteiger partial charge on any atom is 0.0710 e. The van der Waals surface area contributed by atoms with Gasteiger partial charge in [-0.15, -0.1) is 0 Å². The van der Waals surface area contributed by atoms with Crippen molar-refractivity contribution in [2.45, 2.75) is 63.6 Å². The van der Waals surface area contributed by atoms with Crippen LogP contribution >= 0.6 is 0 Å². The van der Waals surface area contributed by atoms with E-state index < -0.39 is 0 Å². The molecule has 2 fully saturated rings. The second-order valence-electron chi connectivity index (χ2n) is 6.14. The number of nitrogens with zero attached hydrogens (tertiary/aromatic N) is 1. The molecular formula is C15H30N2O. The molecule has 0 bridgehead atoms. The van der Waals surface area contributed by atoms with E-state index in [1.54, 1.807) is 0 Å². The lowest BCUT2D eigenvalue weighted by Gasteiger charge is -2.34. The fraction of sp³-hybridized carbons (Fsp3) is 1.00. The lowest BCUT2D eigenvalue weighted by Crippen LogP contribution is -2.37. The van der Waals surface area contributed by atoms with Crippen molar-refractivity contribution in [2.24, 2.45) is 0 Å². The minimum absolute atomic E-state index is 0.283. The largest absolute Gasteiger partial charge is 0.370 e. The second kappa shape index (κ2) is 6.88. The molecule has 2 aliphatic rings. The van der Waals surface area contributed by atoms with Crippen molar-refractivity contribution < 1.29 is 4.74 Å². The van der Waals surface area contributed by atoms with Crippen molar-refractivity contribution in [3.8, 4) is 0 Å². The zero-order valence-corrected chi connectivity index (χ0v) is 12.2. The topological polar surface area (TPSA) is 24.5 Å². The molecule has 1 saturated carbocycles. The Bertz CT molecular complexity index is 239. The molecule has 18 heavy (non-hydrogen) atoms. The van der Waals surface area contributed by atoms with Gasteiger partial charge >= 0.3 is 0 Å². The molecule has 106 valence electrons. The van der Waals surface area contributed by atoms with Gasteiger partial charge in [0.2, 0.25) is 0 Å². The first-order valence-electron chi connectivity index (χ1n) is 7.81. The van der Waals surface area contributed by atoms with Crippen molar-refractivity contribution in [3.05, 3.63) is 0 Å². The lowest BCUT2D eigenvalue weighted by atomic mass is 9.83. The third-order valence-electron chi connectivity index (χ3n) is 4.54. The highest BCUT2D eigenvalue weighted by atomic mass is 16.5. The molecule has 0 radical (unpaired) electrons. The number of rotatable bonds is 6. The predicted octanol–water partition coefficient (Wildman–Crippen LogP) is 2.41. The van der Waals surface area contributed by atoms with Gasteiger partial charge in [-0.25, -0.2) is 0 Å². The van der Waals surface area contributed by atoms with Crippen LogP contribution in [-0.2, 0) is 4.74 Å². The molecule has 1 unspecified atom stereocenters. The summed E-state index contributed by atoms with van der Waals surface area (Å²) in [5.74, 6) is 0. The fourth-order valence-electron chi connectivity index (χ4n) is 3.47. The Hall–Kier alpha value is -0.120. The number of ether oxygens (including phenoxy) is 1. The molecule has 0 aromatic heterocycles. The van der Waals surface area contributed by atoms with Crippen LogP contribution in [0.3, 0.4) is 0 Å². The van der Waals surface area contributed by atoms with Gasteiger partial charge in [-0.05, 0) is 39.3 Å². The van der Waals surface area contributed by atoms with E-state index in [1.807, 2.05) is 0 Å². The SMILES string of the molecule is CCNCCN(C)CC1CCC2(CCCCC2)O1. The summed E-state index contributed by atoms with van der Waals surface area (Å²) >= 11 is 0. The summed E-state index contributed by atoms with van der Waals surface area (Å²) in [6.45, 7) is 6.54. The van der Waals surface area contributed by atoms with E-state index in [1.165, 1.54) is 44.9 Å². The third-order valence-corrected chi connectivity index (χ3v) is 4.54. The van der Waals surface area contributed by atoms with Crippen LogP contribution in [-0.4, -0.2) is 49.8 Å². The van der Waals surface area contributed by atoms with E-state index >= 15 is 0 Å². The van der Waals surface area contributed by atoms with Gasteiger partial charge in [-0.1, -0.05) is 26.2 Å². The Morgan fingerprint density at radius 3 is 2.72 bits per heavy atom. The molecular weight excluding hydrogens is 224 g/mol. The van der Waals surface area contributed by atoms with Crippen LogP contribution in [0.5, 0.6) is 0 Å². The van der Waals surface area contributed by atoms with Crippen LogP contribution in [0, 0.1) is 0 Å². The maximum absolute atomic E-state index is 6.40. The second-order valence-corrected chi connectivity index (χ2v) is 6.14. The van der Waals surface area contributed by atoms with Gasteiger partial charge in [0.15, 0.2) is 0 Å². The normalized spacial score (nSPS) is 27.2. The predicted molar refractivity (Wildman–Crippen MR) is 76.0 cm³/mol. The standard InChI is InChI=1S/C15H30N2O/c1-3-16-11-12-17(2)13-14-7-10-15(18-14)8-5-4-6-9-15/h14,16H,3-13H2,1-2H3. The van der Waals surface area contributed by atoms with E-state index in [9.17, 15) is 0 Å². The molecule has 0 amide bonds. The van der Waals surface area contributed by atoms with Gasteiger partial charge in [-0.3, -0.25) is 0 Å². The van der Waals surface area contributed by atoms with E-state index in [-0.39, 0.29) is 5.60 Å². The van der Waals surface area contributed by atoms with Crippen LogP contribution in [0.4, 0.5) is 0 Å². The molecule has 1 N–H and O–H groups in total. The molecule has 3 heteroatoms. The lowest BCUT2D eigenvalue weighted by molar-refractivity contribution is -0.0700. The summed E-state index contributed by atoms with van der Waals surface area (Å²) in [6.07, 6.45) is 9.85. The smallest absolute Gasteiger partial charge is 0.0710 e. The molecule has 0 aromatic carbocycles. The number of likely N-dealkylation sites (N-methyl/N-ethyl adjacent to an activating group) is 2. The minimum atomic E-state index is 0.283. The molecule has 3 nitrogen and oxygen atoms in total. The molecule has 0 aromatic rings. The van der Waals surface area contributed by atoms with Gasteiger partial charge in [0.1, 0.15) is 0 Å². The molecule has 1 saturated heterocycles. The summed E-state index contributed by atoms with van der Waals surface area (Å²) in [7, 11) is 2.21. The van der Waals surface area contributed by atoms with E-state index in [0.29, 0.717) is 6.10 Å². The van der Waals surface area contributed by atoms with Crippen molar-refractivity contribution >= 4 is 0 Å². The third kappa shape index (κ3) is 3.94. The maximum atomic E-state index is 6.40. The van der Waals surface area contributed by atoms with Gasteiger partial charge in [-0.2, -0.15) is 0 Å². The van der Waals surface area contributed by atoms with E-state index in [0.717, 1.165) is 26.2 Å². The first kappa shape index (κ1) is 14.3. The average Bonchev–Trinajstić information content (AvgIpc) is 2.73. The number of hydrogen-bond donors (Lipinski definition) is 1. The molecule has 1 aliphatic heterocycles. The molecule has 1 aliphatic carbocycles. The highest BCUT2D eigenvalue weighted by Gasteiger charge is 2.40. The summed E-state index contributed by atoms with van der Waals surface area (Å²) < 4.78 is 6.40. The monoisotopic (exact) mass is 254 g/mol. The Morgan fingerprint density at radius 2 is 2.00 bits per heavy atom. The summed E-state index contributed by atoms with van der Waals surface area (Å²) in [6, 6.07) is 0. The van der Waals surface area contributed by atoms with Crippen molar-refractivity contribution in [2.75, 3.05) is 33.2 Å². The van der Waals surface area contributed by atoms with Crippen LogP contribution in [0.2, 0.25) is 0 Å². The van der Waals surface area contributed by atoms with Gasteiger partial charge in [0, 0.05) is 19.6 Å². The highest BCUT2D eigenvalue weighted by molar-refractivity contribution is 4.91. The van der Waals surface area contributed by atoms with Crippen LogP contribution in [0.1, 0.15) is 51.9 Å². The first-order chi connectivity index (χ1) is 8.74. The Kier molecular flexibility index (Phi) is 5.46. The summed E-state index contributed by atoms with van der Waals surface area (Å²) in [4.78, 5) is 2.41. The first-order valence-corrected chi connectivity index (χ1v) is 7.81. The molecule has 1 atom stereocenters. The van der Waals surface area contributed by atoms with Gasteiger partial charge in [0.25, 0.3) is 0 Å². The highest BCUT2D eigenvalue weighted by Crippen LogP contribution is 2.41. The van der Waals surface area contributed by atoms with Crippen molar-refractivity contribution in [1.29, 1.82) is 0 Å². The van der Waals surface area contributed by atoms with Crippen molar-refractivity contribution in [3.63, 3.8) is 0 Å². The van der Waals surface area contributed by atoms with Gasteiger partial charge < -0.3 is 15.0 Å². The molecule has 1 heterocycles. The van der Waals surface area contributed by atoms with E-state index in [4.69, 9.17) is 4.74 Å². The summed E-state index contributed by atoms with van der Waals surface area (Å²) in [5.41, 5.74) is 0.283. The zero-order chi connectivity index (χ0) is 12.8. The Balaban J connectivity index is 1.68. The zero-order valence-electron chi connectivity index (χ0n) is 12.2. The number of hydrogen-bond acceptors (Lipinski definition) is 3. The minimum Gasteiger partial charge on any atom is -0.370 e. The quantitative estimate of drug-likeness (QED) is 0.737. The molecule has 1 spiro atoms. The number of nitrogens with one attached hydrogen (secondary N) is 1. The van der Waals surface area contributed by atoms with Crippen LogP contribution in [0.15, 0.2) is 0 Å². The van der Waals surface area contributed by atoms with Gasteiger partial charge in [0.05, 0.1) is 11.7 Å². The van der Waals surface area contributed by atoms with Crippen molar-refractivity contribution in [1.82, 2.24) is 10.2 Å². The van der Waals surface area contributed by atoms with E-state index in [2.05, 4.69) is 24.2 Å². The van der Waals surface area contributed by atoms with Crippen LogP contribution in [0.25, 0.3) is 0 Å². The fourth-order valence-corrected chi connectivity index (χ4v) is 3.47. The average molecular weight is 254 g/mol. The summed E-state index contributed by atoms with van der Waals surface area (Å²) in [5, 5.41) is 3.38. The Labute approximate surface area is 112 Å². The molecule has 2 rings (SSSR count). The van der Waals surface area contributed by atoms with Crippen LogP contribution < -0.4 is 5.32 Å².